The minimum Gasteiger partial charge on any atom is -0.492 e. The fraction of sp³-hybridized carbons (Fsp3) is 0.650. The van der Waals surface area contributed by atoms with Crippen molar-refractivity contribution in [1.29, 1.82) is 0 Å². The standard InChI is InChI=1S/C20H31ClO2/c1-5-16(4)14-23-19-13-9-11-17(20(19)21)10-7-6-8-12-18(22)15(2)3/h9,11,13,15-16H,5-8,10,12,14H2,1-4H3. The van der Waals surface area contributed by atoms with E-state index in [1.54, 1.807) is 0 Å². The number of halogens is 1. The number of ketones is 1. The average molecular weight is 339 g/mol. The van der Waals surface area contributed by atoms with Gasteiger partial charge in [-0.15, -0.1) is 0 Å². The second-order valence-corrected chi connectivity index (χ2v) is 7.11. The summed E-state index contributed by atoms with van der Waals surface area (Å²) in [6.45, 7) is 8.98. The topological polar surface area (TPSA) is 26.3 Å². The van der Waals surface area contributed by atoms with E-state index in [1.165, 1.54) is 0 Å². The first-order valence-corrected chi connectivity index (χ1v) is 9.26. The Balaban J connectivity index is 2.41. The van der Waals surface area contributed by atoms with E-state index in [0.29, 0.717) is 24.7 Å². The summed E-state index contributed by atoms with van der Waals surface area (Å²) in [5.41, 5.74) is 1.14. The fourth-order valence-corrected chi connectivity index (χ4v) is 2.57. The molecule has 0 radical (unpaired) electrons. The maximum Gasteiger partial charge on any atom is 0.138 e. The van der Waals surface area contributed by atoms with Crippen LogP contribution in [0.4, 0.5) is 0 Å². The van der Waals surface area contributed by atoms with Crippen molar-refractivity contribution in [3.05, 3.63) is 28.8 Å². The molecule has 130 valence electrons. The lowest BCUT2D eigenvalue weighted by Gasteiger charge is -2.14. The zero-order valence-electron chi connectivity index (χ0n) is 15.0. The molecule has 0 saturated heterocycles. The fourth-order valence-electron chi connectivity index (χ4n) is 2.29. The molecule has 1 aromatic carbocycles. The van der Waals surface area contributed by atoms with E-state index in [0.717, 1.165) is 48.4 Å². The van der Waals surface area contributed by atoms with Crippen molar-refractivity contribution >= 4 is 17.4 Å². The number of hydrogen-bond donors (Lipinski definition) is 0. The monoisotopic (exact) mass is 338 g/mol. The summed E-state index contributed by atoms with van der Waals surface area (Å²) in [4.78, 5) is 11.6. The van der Waals surface area contributed by atoms with Crippen molar-refractivity contribution in [2.75, 3.05) is 6.61 Å². The SMILES string of the molecule is CCC(C)COc1cccc(CCCCCC(=O)C(C)C)c1Cl. The van der Waals surface area contributed by atoms with Gasteiger partial charge in [0.25, 0.3) is 0 Å². The lowest BCUT2D eigenvalue weighted by molar-refractivity contribution is -0.122. The van der Waals surface area contributed by atoms with Crippen molar-refractivity contribution in [3.63, 3.8) is 0 Å². The van der Waals surface area contributed by atoms with Gasteiger partial charge >= 0.3 is 0 Å². The van der Waals surface area contributed by atoms with Crippen LogP contribution in [0, 0.1) is 11.8 Å². The van der Waals surface area contributed by atoms with Crippen molar-refractivity contribution < 1.29 is 9.53 Å². The van der Waals surface area contributed by atoms with Crippen molar-refractivity contribution in [3.8, 4) is 5.75 Å². The number of ether oxygens (including phenoxy) is 1. The van der Waals surface area contributed by atoms with Gasteiger partial charge in [-0.1, -0.05) is 64.3 Å². The highest BCUT2D eigenvalue weighted by molar-refractivity contribution is 6.32. The Labute approximate surface area is 146 Å². The van der Waals surface area contributed by atoms with Crippen LogP contribution < -0.4 is 4.74 Å². The van der Waals surface area contributed by atoms with Crippen LogP contribution in [0.15, 0.2) is 18.2 Å². The molecule has 0 N–H and O–H groups in total. The van der Waals surface area contributed by atoms with Gasteiger partial charge in [0.05, 0.1) is 11.6 Å². The largest absolute Gasteiger partial charge is 0.492 e. The predicted molar refractivity (Wildman–Crippen MR) is 98.4 cm³/mol. The predicted octanol–water partition coefficient (Wildman–Crippen LogP) is 6.09. The van der Waals surface area contributed by atoms with Crippen LogP contribution in [0.2, 0.25) is 5.02 Å². The highest BCUT2D eigenvalue weighted by atomic mass is 35.5. The number of aryl methyl sites for hydroxylation is 1. The van der Waals surface area contributed by atoms with Gasteiger partial charge in [-0.2, -0.15) is 0 Å². The van der Waals surface area contributed by atoms with Gasteiger partial charge in [-0.3, -0.25) is 4.79 Å². The molecule has 0 aliphatic carbocycles. The maximum absolute atomic E-state index is 11.6. The van der Waals surface area contributed by atoms with E-state index < -0.39 is 0 Å². The van der Waals surface area contributed by atoms with E-state index >= 15 is 0 Å². The molecule has 2 nitrogen and oxygen atoms in total. The van der Waals surface area contributed by atoms with Gasteiger partial charge < -0.3 is 4.74 Å². The Bertz CT molecular complexity index is 483. The minimum atomic E-state index is 0.156. The molecule has 0 amide bonds. The lowest BCUT2D eigenvalue weighted by atomic mass is 10.0. The summed E-state index contributed by atoms with van der Waals surface area (Å²) < 4.78 is 5.84. The zero-order valence-corrected chi connectivity index (χ0v) is 15.8. The number of carbonyl (C=O) groups is 1. The molecule has 1 rings (SSSR count). The van der Waals surface area contributed by atoms with Gasteiger partial charge in [0.2, 0.25) is 0 Å². The molecule has 0 bridgehead atoms. The van der Waals surface area contributed by atoms with Crippen LogP contribution in [0.3, 0.4) is 0 Å². The third-order valence-corrected chi connectivity index (χ3v) is 4.71. The van der Waals surface area contributed by atoms with Crippen LogP contribution in [0.5, 0.6) is 5.75 Å². The summed E-state index contributed by atoms with van der Waals surface area (Å²) in [6.07, 6.45) is 5.83. The number of unbranched alkanes of at least 4 members (excludes halogenated alkanes) is 2. The number of rotatable bonds is 11. The quantitative estimate of drug-likeness (QED) is 0.456. The molecule has 0 saturated carbocycles. The van der Waals surface area contributed by atoms with Crippen molar-refractivity contribution in [1.82, 2.24) is 0 Å². The third kappa shape index (κ3) is 7.39. The summed E-state index contributed by atoms with van der Waals surface area (Å²) in [5, 5.41) is 0.744. The zero-order chi connectivity index (χ0) is 17.2. The molecule has 0 fully saturated rings. The highest BCUT2D eigenvalue weighted by Crippen LogP contribution is 2.29. The second-order valence-electron chi connectivity index (χ2n) is 6.74. The van der Waals surface area contributed by atoms with Gasteiger partial charge in [0.1, 0.15) is 11.5 Å². The Morgan fingerprint density at radius 3 is 2.57 bits per heavy atom. The molecule has 0 spiro atoms. The lowest BCUT2D eigenvalue weighted by Crippen LogP contribution is -2.08. The molecule has 3 heteroatoms. The summed E-state index contributed by atoms with van der Waals surface area (Å²) in [6, 6.07) is 6.02. The van der Waals surface area contributed by atoms with E-state index in [2.05, 4.69) is 19.9 Å². The Kier molecular flexibility index (Phi) is 9.31. The third-order valence-electron chi connectivity index (χ3n) is 4.28. The first-order chi connectivity index (χ1) is 11.0. The summed E-state index contributed by atoms with van der Waals surface area (Å²) in [7, 11) is 0. The molecule has 0 aliphatic rings. The Hall–Kier alpha value is -1.02. The molecule has 1 atom stereocenters. The van der Waals surface area contributed by atoms with Gasteiger partial charge in [0, 0.05) is 12.3 Å². The van der Waals surface area contributed by atoms with E-state index in [-0.39, 0.29) is 5.92 Å². The second kappa shape index (κ2) is 10.7. The first kappa shape index (κ1) is 20.0. The normalized spacial score (nSPS) is 12.4. The summed E-state index contributed by atoms with van der Waals surface area (Å²) >= 11 is 6.46. The molecule has 1 unspecified atom stereocenters. The highest BCUT2D eigenvalue weighted by Gasteiger charge is 2.09. The van der Waals surface area contributed by atoms with Crippen LogP contribution in [-0.2, 0) is 11.2 Å². The molecule has 0 heterocycles. The number of benzene rings is 1. The van der Waals surface area contributed by atoms with Gasteiger partial charge in [-0.25, -0.2) is 0 Å². The maximum atomic E-state index is 11.6. The Morgan fingerprint density at radius 1 is 1.17 bits per heavy atom. The van der Waals surface area contributed by atoms with Crippen LogP contribution in [0.1, 0.15) is 65.4 Å². The van der Waals surface area contributed by atoms with E-state index in [9.17, 15) is 4.79 Å². The number of Topliss-reactive ketones (excluding diaryl/α,β-unsaturated/α-hetero) is 1. The molecule has 23 heavy (non-hydrogen) atoms. The van der Waals surface area contributed by atoms with Gasteiger partial charge in [0.15, 0.2) is 0 Å². The first-order valence-electron chi connectivity index (χ1n) is 8.88. The molecule has 0 aromatic heterocycles. The van der Waals surface area contributed by atoms with Crippen LogP contribution in [0.25, 0.3) is 0 Å². The molecular formula is C20H31ClO2. The van der Waals surface area contributed by atoms with E-state index in [1.807, 2.05) is 26.0 Å². The van der Waals surface area contributed by atoms with Crippen LogP contribution >= 0.6 is 11.6 Å². The van der Waals surface area contributed by atoms with Crippen LogP contribution in [-0.4, -0.2) is 12.4 Å². The van der Waals surface area contributed by atoms with Gasteiger partial charge in [-0.05, 0) is 36.8 Å². The van der Waals surface area contributed by atoms with E-state index in [4.69, 9.17) is 16.3 Å². The number of hydrogen-bond acceptors (Lipinski definition) is 2. The molecule has 1 aromatic rings. The smallest absolute Gasteiger partial charge is 0.138 e. The summed E-state index contributed by atoms with van der Waals surface area (Å²) in [5.74, 6) is 1.85. The van der Waals surface area contributed by atoms with Crippen molar-refractivity contribution in [2.24, 2.45) is 11.8 Å². The average Bonchev–Trinajstić information content (AvgIpc) is 2.54. The molecule has 0 aliphatic heterocycles. The Morgan fingerprint density at radius 2 is 1.91 bits per heavy atom. The van der Waals surface area contributed by atoms with Crippen molar-refractivity contribution in [2.45, 2.75) is 66.2 Å². The number of carbonyl (C=O) groups excluding carboxylic acids is 1. The minimum absolute atomic E-state index is 0.156. The molecular weight excluding hydrogens is 308 g/mol.